The molecule has 2 heterocycles. The maximum Gasteiger partial charge on any atom is 0.246 e. The van der Waals surface area contributed by atoms with E-state index in [1.807, 2.05) is 30.9 Å². The van der Waals surface area contributed by atoms with Crippen LogP contribution < -0.4 is 4.74 Å². The third-order valence-corrected chi connectivity index (χ3v) is 6.46. The number of aryl methyl sites for hydroxylation is 1. The van der Waals surface area contributed by atoms with Crippen LogP contribution in [0.15, 0.2) is 51.6 Å². The maximum absolute atomic E-state index is 12.9. The number of ether oxygens (including phenoxy) is 1. The minimum Gasteiger partial charge on any atom is -0.496 e. The van der Waals surface area contributed by atoms with Crippen LogP contribution in [0.4, 0.5) is 0 Å². The summed E-state index contributed by atoms with van der Waals surface area (Å²) >= 11 is 3.55. The van der Waals surface area contributed by atoms with Gasteiger partial charge in [-0.3, -0.25) is 4.79 Å². The molecule has 0 spiro atoms. The molecule has 0 aliphatic carbocycles. The molecule has 6 heteroatoms. The lowest BCUT2D eigenvalue weighted by atomic mass is 9.96. The number of furan rings is 1. The number of hydrogen-bond donors (Lipinski definition) is 0. The average molecular weight is 483 g/mol. The van der Waals surface area contributed by atoms with Gasteiger partial charge in [-0.05, 0) is 50.2 Å². The molecule has 31 heavy (non-hydrogen) atoms. The minimum atomic E-state index is 0.0461. The van der Waals surface area contributed by atoms with Crippen LogP contribution in [0.3, 0.4) is 0 Å². The Balaban J connectivity index is 1.77. The first kappa shape index (κ1) is 21.7. The Bertz CT molecular complexity index is 1160. The van der Waals surface area contributed by atoms with Crippen LogP contribution in [-0.4, -0.2) is 56.0 Å². The van der Waals surface area contributed by atoms with Gasteiger partial charge in [-0.25, -0.2) is 0 Å². The first-order valence-electron chi connectivity index (χ1n) is 10.4. The van der Waals surface area contributed by atoms with E-state index < -0.39 is 0 Å². The smallest absolute Gasteiger partial charge is 0.246 e. The molecule has 1 aromatic heterocycles. The molecule has 0 bridgehead atoms. The zero-order valence-corrected chi connectivity index (χ0v) is 20.0. The van der Waals surface area contributed by atoms with Crippen molar-refractivity contribution < 1.29 is 13.9 Å². The molecular weight excluding hydrogens is 456 g/mol. The number of hydrogen-bond acceptors (Lipinski definition) is 4. The first-order valence-corrected chi connectivity index (χ1v) is 11.2. The highest BCUT2D eigenvalue weighted by Crippen LogP contribution is 2.41. The predicted octanol–water partition coefficient (Wildman–Crippen LogP) is 5.36. The second-order valence-electron chi connectivity index (χ2n) is 8.07. The van der Waals surface area contributed by atoms with E-state index in [1.165, 1.54) is 0 Å². The highest BCUT2D eigenvalue weighted by molar-refractivity contribution is 9.10. The third-order valence-electron chi connectivity index (χ3n) is 5.96. The molecule has 3 aromatic rings. The van der Waals surface area contributed by atoms with Gasteiger partial charge >= 0.3 is 0 Å². The number of piperazine rings is 1. The number of carbonyl (C=O) groups excluding carboxylic acids is 1. The van der Waals surface area contributed by atoms with E-state index in [1.54, 1.807) is 19.4 Å². The number of likely N-dealkylation sites (N-methyl/N-ethyl adjacent to an activating group) is 1. The minimum absolute atomic E-state index is 0.0461. The number of allylic oxidation sites excluding steroid dienone is 1. The van der Waals surface area contributed by atoms with Crippen LogP contribution in [0, 0.1) is 6.92 Å². The number of fused-ring (bicyclic) bond motifs is 1. The van der Waals surface area contributed by atoms with Crippen LogP contribution in [-0.2, 0) is 4.79 Å². The molecule has 0 unspecified atom stereocenters. The second-order valence-corrected chi connectivity index (χ2v) is 8.99. The number of methoxy groups -OCH3 is 1. The van der Waals surface area contributed by atoms with Gasteiger partial charge < -0.3 is 19.0 Å². The van der Waals surface area contributed by atoms with Crippen molar-refractivity contribution in [2.24, 2.45) is 0 Å². The Morgan fingerprint density at radius 2 is 1.94 bits per heavy atom. The maximum atomic E-state index is 12.9. The fraction of sp³-hybridized carbons (Fsp3) is 0.320. The quantitative estimate of drug-likeness (QED) is 0.469. The van der Waals surface area contributed by atoms with Gasteiger partial charge in [0.05, 0.1) is 13.4 Å². The van der Waals surface area contributed by atoms with Crippen molar-refractivity contribution in [1.82, 2.24) is 9.80 Å². The summed E-state index contributed by atoms with van der Waals surface area (Å²) in [5.41, 5.74) is 5.60. The van der Waals surface area contributed by atoms with Crippen LogP contribution in [0.25, 0.3) is 27.7 Å². The normalized spacial score (nSPS) is 15.5. The fourth-order valence-corrected chi connectivity index (χ4v) is 4.53. The molecule has 1 saturated heterocycles. The van der Waals surface area contributed by atoms with Crippen molar-refractivity contribution in [2.75, 3.05) is 40.3 Å². The molecule has 2 aromatic carbocycles. The SMILES string of the molecule is COc1c(/C(C)=C/C(=O)N2CCN(C)CC2)cc2c(-c3cccc(Br)c3)coc2c1C. The molecule has 162 valence electrons. The van der Waals surface area contributed by atoms with Gasteiger partial charge in [0.15, 0.2) is 0 Å². The van der Waals surface area contributed by atoms with Crippen LogP contribution >= 0.6 is 15.9 Å². The van der Waals surface area contributed by atoms with Crippen molar-refractivity contribution in [3.8, 4) is 16.9 Å². The van der Waals surface area contributed by atoms with Gasteiger partial charge in [0.2, 0.25) is 5.91 Å². The average Bonchev–Trinajstić information content (AvgIpc) is 3.18. The Hall–Kier alpha value is -2.57. The van der Waals surface area contributed by atoms with Crippen molar-refractivity contribution in [1.29, 1.82) is 0 Å². The number of rotatable bonds is 4. The summed E-state index contributed by atoms with van der Waals surface area (Å²) in [6, 6.07) is 10.2. The molecule has 1 aliphatic rings. The largest absolute Gasteiger partial charge is 0.496 e. The number of amides is 1. The Kier molecular flexibility index (Phi) is 6.21. The second kappa shape index (κ2) is 8.89. The van der Waals surface area contributed by atoms with Crippen LogP contribution in [0.2, 0.25) is 0 Å². The van der Waals surface area contributed by atoms with Gasteiger partial charge in [-0.1, -0.05) is 28.1 Å². The Morgan fingerprint density at radius 3 is 2.61 bits per heavy atom. The highest BCUT2D eigenvalue weighted by atomic mass is 79.9. The summed E-state index contributed by atoms with van der Waals surface area (Å²) < 4.78 is 12.7. The molecule has 0 radical (unpaired) electrons. The van der Waals surface area contributed by atoms with E-state index in [0.29, 0.717) is 0 Å². The van der Waals surface area contributed by atoms with E-state index in [2.05, 4.69) is 46.1 Å². The molecule has 0 saturated carbocycles. The standard InChI is InChI=1S/C25H27BrN2O3/c1-16(12-23(29)28-10-8-27(3)9-11-28)20-14-21-22(18-6-5-7-19(26)13-18)15-31-25(21)17(2)24(20)30-4/h5-7,12-15H,8-11H2,1-4H3/b16-12+. The third kappa shape index (κ3) is 4.27. The molecule has 1 aliphatic heterocycles. The van der Waals surface area contributed by atoms with Gasteiger partial charge in [-0.2, -0.15) is 0 Å². The molecule has 5 nitrogen and oxygen atoms in total. The summed E-state index contributed by atoms with van der Waals surface area (Å²) in [5.74, 6) is 0.785. The molecule has 0 N–H and O–H groups in total. The lowest BCUT2D eigenvalue weighted by Gasteiger charge is -2.31. The monoisotopic (exact) mass is 482 g/mol. The van der Waals surface area contributed by atoms with Crippen LogP contribution in [0.1, 0.15) is 18.1 Å². The van der Waals surface area contributed by atoms with Crippen LogP contribution in [0.5, 0.6) is 5.75 Å². The van der Waals surface area contributed by atoms with Gasteiger partial charge in [0.1, 0.15) is 11.3 Å². The molecule has 1 amide bonds. The lowest BCUT2D eigenvalue weighted by Crippen LogP contribution is -2.46. The van der Waals surface area contributed by atoms with Gasteiger partial charge in [-0.15, -0.1) is 0 Å². The zero-order valence-electron chi connectivity index (χ0n) is 18.4. The number of nitrogens with zero attached hydrogens (tertiary/aromatic N) is 2. The topological polar surface area (TPSA) is 45.9 Å². The number of halogens is 1. The fourth-order valence-electron chi connectivity index (χ4n) is 4.13. The summed E-state index contributed by atoms with van der Waals surface area (Å²) in [6.07, 6.45) is 3.52. The van der Waals surface area contributed by atoms with Crippen molar-refractivity contribution >= 4 is 38.4 Å². The zero-order chi connectivity index (χ0) is 22.1. The van der Waals surface area contributed by atoms with E-state index in [0.717, 1.165) is 75.2 Å². The summed E-state index contributed by atoms with van der Waals surface area (Å²) in [6.45, 7) is 7.27. The first-order chi connectivity index (χ1) is 14.9. The van der Waals surface area contributed by atoms with Crippen molar-refractivity contribution in [3.63, 3.8) is 0 Å². The van der Waals surface area contributed by atoms with E-state index in [-0.39, 0.29) is 5.91 Å². The molecule has 4 rings (SSSR count). The Labute approximate surface area is 191 Å². The van der Waals surface area contributed by atoms with E-state index in [4.69, 9.17) is 9.15 Å². The molecule has 1 fully saturated rings. The highest BCUT2D eigenvalue weighted by Gasteiger charge is 2.21. The van der Waals surface area contributed by atoms with Gasteiger partial charge in [0.25, 0.3) is 0 Å². The lowest BCUT2D eigenvalue weighted by molar-refractivity contribution is -0.127. The summed E-state index contributed by atoms with van der Waals surface area (Å²) in [7, 11) is 3.74. The predicted molar refractivity (Wildman–Crippen MR) is 128 cm³/mol. The summed E-state index contributed by atoms with van der Waals surface area (Å²) in [4.78, 5) is 17.0. The van der Waals surface area contributed by atoms with Crippen molar-refractivity contribution in [2.45, 2.75) is 13.8 Å². The van der Waals surface area contributed by atoms with Gasteiger partial charge in [0, 0.05) is 58.8 Å². The van der Waals surface area contributed by atoms with E-state index in [9.17, 15) is 4.79 Å². The van der Waals surface area contributed by atoms with E-state index >= 15 is 0 Å². The van der Waals surface area contributed by atoms with Crippen molar-refractivity contribution in [3.05, 3.63) is 58.3 Å². The number of benzene rings is 2. The number of carbonyl (C=O) groups is 1. The molecule has 0 atom stereocenters. The molecular formula is C25H27BrN2O3. The Morgan fingerprint density at radius 1 is 1.19 bits per heavy atom. The summed E-state index contributed by atoms with van der Waals surface area (Å²) in [5, 5.41) is 1.01.